The number of likely N-dealkylation sites (N-methyl/N-ethyl adjacent to an activating group) is 1. The highest BCUT2D eigenvalue weighted by Gasteiger charge is 2.20. The molecule has 1 aromatic carbocycles. The summed E-state index contributed by atoms with van der Waals surface area (Å²) in [6.07, 6.45) is 4.40. The molecule has 1 fully saturated rings. The van der Waals surface area contributed by atoms with Crippen LogP contribution >= 0.6 is 0 Å². The first kappa shape index (κ1) is 17.2. The Bertz CT molecular complexity index is 560. The number of carbonyl (C=O) groups excluding carboxylic acids is 2. The Kier molecular flexibility index (Phi) is 6.35. The van der Waals surface area contributed by atoms with E-state index in [1.807, 2.05) is 24.0 Å². The number of nitrogens with zero attached hydrogens (tertiary/aromatic N) is 1. The number of hydrogen-bond donors (Lipinski definition) is 1. The van der Waals surface area contributed by atoms with Crippen LogP contribution in [0.1, 0.15) is 29.3 Å². The molecule has 2 amide bonds. The first-order chi connectivity index (χ1) is 11.1. The standard InChI is InChI=1S/C18H24N2O3/c1-3-20(12-15-10-11-23-13-15)17(21)9-6-14-4-7-16(8-5-14)18(22)19-2/h4-9,15H,3,10-13H2,1-2H3,(H,19,22)/b9-6+/t15-/m0/s1. The molecule has 1 saturated heterocycles. The van der Waals surface area contributed by atoms with Gasteiger partial charge in [-0.3, -0.25) is 9.59 Å². The quantitative estimate of drug-likeness (QED) is 0.816. The number of rotatable bonds is 6. The first-order valence-corrected chi connectivity index (χ1v) is 8.01. The van der Waals surface area contributed by atoms with Crippen molar-refractivity contribution in [3.8, 4) is 0 Å². The highest BCUT2D eigenvalue weighted by molar-refractivity contribution is 5.94. The summed E-state index contributed by atoms with van der Waals surface area (Å²) in [7, 11) is 1.60. The number of nitrogens with one attached hydrogen (secondary N) is 1. The van der Waals surface area contributed by atoms with Gasteiger partial charge in [0.1, 0.15) is 0 Å². The van der Waals surface area contributed by atoms with Crippen LogP contribution in [0.3, 0.4) is 0 Å². The van der Waals surface area contributed by atoms with Crippen LogP contribution < -0.4 is 5.32 Å². The van der Waals surface area contributed by atoms with Crippen molar-refractivity contribution in [3.05, 3.63) is 41.5 Å². The van der Waals surface area contributed by atoms with Gasteiger partial charge in [0.05, 0.1) is 6.61 Å². The number of ether oxygens (including phenoxy) is 1. The number of benzene rings is 1. The molecular formula is C18H24N2O3. The molecule has 1 aliphatic rings. The van der Waals surface area contributed by atoms with E-state index in [9.17, 15) is 9.59 Å². The maximum atomic E-state index is 12.3. The minimum absolute atomic E-state index is 0.00905. The van der Waals surface area contributed by atoms with Crippen LogP contribution in [-0.4, -0.2) is 50.1 Å². The van der Waals surface area contributed by atoms with Crippen LogP contribution in [0.25, 0.3) is 6.08 Å². The van der Waals surface area contributed by atoms with Crippen molar-refractivity contribution in [2.24, 2.45) is 5.92 Å². The molecule has 0 aromatic heterocycles. The van der Waals surface area contributed by atoms with E-state index in [1.165, 1.54) is 0 Å². The van der Waals surface area contributed by atoms with Crippen LogP contribution in [0.4, 0.5) is 0 Å². The molecule has 2 rings (SSSR count). The van der Waals surface area contributed by atoms with Gasteiger partial charge in [-0.25, -0.2) is 0 Å². The van der Waals surface area contributed by atoms with Gasteiger partial charge in [-0.2, -0.15) is 0 Å². The summed E-state index contributed by atoms with van der Waals surface area (Å²) in [6.45, 7) is 4.96. The fourth-order valence-electron chi connectivity index (χ4n) is 2.58. The average molecular weight is 316 g/mol. The number of carbonyl (C=O) groups is 2. The van der Waals surface area contributed by atoms with Gasteiger partial charge < -0.3 is 15.0 Å². The molecule has 1 aliphatic heterocycles. The molecule has 23 heavy (non-hydrogen) atoms. The summed E-state index contributed by atoms with van der Waals surface area (Å²) < 4.78 is 5.36. The molecule has 1 atom stereocenters. The van der Waals surface area contributed by atoms with Gasteiger partial charge >= 0.3 is 0 Å². The van der Waals surface area contributed by atoms with E-state index in [2.05, 4.69) is 5.32 Å². The van der Waals surface area contributed by atoms with E-state index in [0.717, 1.165) is 31.7 Å². The normalized spacial score (nSPS) is 17.4. The summed E-state index contributed by atoms with van der Waals surface area (Å²) in [5.74, 6) is 0.335. The summed E-state index contributed by atoms with van der Waals surface area (Å²) in [5.41, 5.74) is 1.50. The fraction of sp³-hybridized carbons (Fsp3) is 0.444. The van der Waals surface area contributed by atoms with Crippen LogP contribution in [0.2, 0.25) is 0 Å². The van der Waals surface area contributed by atoms with Gasteiger partial charge in [-0.1, -0.05) is 12.1 Å². The third-order valence-corrected chi connectivity index (χ3v) is 4.01. The van der Waals surface area contributed by atoms with E-state index in [0.29, 0.717) is 18.0 Å². The van der Waals surface area contributed by atoms with Crippen molar-refractivity contribution >= 4 is 17.9 Å². The summed E-state index contributed by atoms with van der Waals surface area (Å²) in [4.78, 5) is 25.6. The Morgan fingerprint density at radius 2 is 2.09 bits per heavy atom. The molecule has 1 aromatic rings. The third-order valence-electron chi connectivity index (χ3n) is 4.01. The number of hydrogen-bond acceptors (Lipinski definition) is 3. The molecule has 1 N–H and O–H groups in total. The summed E-state index contributed by atoms with van der Waals surface area (Å²) in [6, 6.07) is 7.15. The van der Waals surface area contributed by atoms with Gasteiger partial charge in [-0.05, 0) is 37.1 Å². The Morgan fingerprint density at radius 1 is 1.35 bits per heavy atom. The molecule has 124 valence electrons. The van der Waals surface area contributed by atoms with Crippen molar-refractivity contribution < 1.29 is 14.3 Å². The van der Waals surface area contributed by atoms with Crippen molar-refractivity contribution in [1.82, 2.24) is 10.2 Å². The Balaban J connectivity index is 1.94. The van der Waals surface area contributed by atoms with Crippen molar-refractivity contribution in [2.75, 3.05) is 33.4 Å². The zero-order chi connectivity index (χ0) is 16.7. The van der Waals surface area contributed by atoms with E-state index in [4.69, 9.17) is 4.74 Å². The van der Waals surface area contributed by atoms with Crippen LogP contribution in [0.5, 0.6) is 0 Å². The molecular weight excluding hydrogens is 292 g/mol. The third kappa shape index (κ3) is 4.93. The SMILES string of the molecule is CCN(C[C@@H]1CCOC1)C(=O)/C=C/c1ccc(C(=O)NC)cc1. The van der Waals surface area contributed by atoms with E-state index < -0.39 is 0 Å². The lowest BCUT2D eigenvalue weighted by Gasteiger charge is -2.22. The second-order valence-electron chi connectivity index (χ2n) is 5.64. The largest absolute Gasteiger partial charge is 0.381 e. The fourth-order valence-corrected chi connectivity index (χ4v) is 2.58. The molecule has 0 aliphatic carbocycles. The lowest BCUT2D eigenvalue weighted by molar-refractivity contribution is -0.126. The maximum Gasteiger partial charge on any atom is 0.251 e. The Labute approximate surface area is 137 Å². The molecule has 0 unspecified atom stereocenters. The van der Waals surface area contributed by atoms with Gasteiger partial charge in [-0.15, -0.1) is 0 Å². The minimum Gasteiger partial charge on any atom is -0.381 e. The maximum absolute atomic E-state index is 12.3. The molecule has 1 heterocycles. The van der Waals surface area contributed by atoms with Crippen LogP contribution in [0, 0.1) is 5.92 Å². The lowest BCUT2D eigenvalue weighted by atomic mass is 10.1. The molecule has 0 bridgehead atoms. The average Bonchev–Trinajstić information content (AvgIpc) is 3.10. The summed E-state index contributed by atoms with van der Waals surface area (Å²) >= 11 is 0. The van der Waals surface area contributed by atoms with E-state index >= 15 is 0 Å². The molecule has 0 radical (unpaired) electrons. The van der Waals surface area contributed by atoms with Gasteiger partial charge in [0.25, 0.3) is 5.91 Å². The predicted octanol–water partition coefficient (Wildman–Crippen LogP) is 1.94. The second-order valence-corrected chi connectivity index (χ2v) is 5.64. The number of amides is 2. The minimum atomic E-state index is -0.118. The smallest absolute Gasteiger partial charge is 0.251 e. The topological polar surface area (TPSA) is 58.6 Å². The zero-order valence-electron chi connectivity index (χ0n) is 13.7. The molecule has 0 spiro atoms. The predicted molar refractivity (Wildman–Crippen MR) is 90.0 cm³/mol. The van der Waals surface area contributed by atoms with E-state index in [1.54, 1.807) is 31.3 Å². The molecule has 5 nitrogen and oxygen atoms in total. The van der Waals surface area contributed by atoms with Crippen LogP contribution in [-0.2, 0) is 9.53 Å². The van der Waals surface area contributed by atoms with Gasteiger partial charge in [0.15, 0.2) is 0 Å². The first-order valence-electron chi connectivity index (χ1n) is 8.01. The highest BCUT2D eigenvalue weighted by atomic mass is 16.5. The molecule has 0 saturated carbocycles. The van der Waals surface area contributed by atoms with Crippen molar-refractivity contribution in [1.29, 1.82) is 0 Å². The Hall–Kier alpha value is -2.14. The second kappa shape index (κ2) is 8.48. The monoisotopic (exact) mass is 316 g/mol. The zero-order valence-corrected chi connectivity index (χ0v) is 13.7. The molecule has 5 heteroatoms. The lowest BCUT2D eigenvalue weighted by Crippen LogP contribution is -2.34. The van der Waals surface area contributed by atoms with Crippen LogP contribution in [0.15, 0.2) is 30.3 Å². The summed E-state index contributed by atoms with van der Waals surface area (Å²) in [5, 5.41) is 2.58. The van der Waals surface area contributed by atoms with Crippen molar-refractivity contribution in [3.63, 3.8) is 0 Å². The van der Waals surface area contributed by atoms with Crippen molar-refractivity contribution in [2.45, 2.75) is 13.3 Å². The van der Waals surface area contributed by atoms with Gasteiger partial charge in [0.2, 0.25) is 5.91 Å². The highest BCUT2D eigenvalue weighted by Crippen LogP contribution is 2.14. The van der Waals surface area contributed by atoms with Gasteiger partial charge in [0, 0.05) is 44.3 Å². The Morgan fingerprint density at radius 3 is 2.65 bits per heavy atom. The van der Waals surface area contributed by atoms with E-state index in [-0.39, 0.29) is 11.8 Å².